The smallest absolute Gasteiger partial charge is 0.0956 e. The van der Waals surface area contributed by atoms with Crippen molar-refractivity contribution in [1.29, 1.82) is 0 Å². The molecular formula is C18H23N5. The van der Waals surface area contributed by atoms with Crippen molar-refractivity contribution in [2.75, 3.05) is 20.6 Å². The molecule has 0 saturated heterocycles. The summed E-state index contributed by atoms with van der Waals surface area (Å²) in [5.41, 5.74) is 3.50. The van der Waals surface area contributed by atoms with E-state index in [1.807, 2.05) is 36.6 Å². The molecule has 1 atom stereocenters. The number of aryl methyl sites for hydroxylation is 1. The van der Waals surface area contributed by atoms with Gasteiger partial charge >= 0.3 is 0 Å². The first-order chi connectivity index (χ1) is 11.1. The number of rotatable bonds is 6. The topological polar surface area (TPSA) is 38.9 Å². The summed E-state index contributed by atoms with van der Waals surface area (Å²) in [6.45, 7) is 1.02. The van der Waals surface area contributed by atoms with Crippen molar-refractivity contribution in [3.05, 3.63) is 60.8 Å². The van der Waals surface area contributed by atoms with Gasteiger partial charge in [-0.05, 0) is 32.6 Å². The minimum atomic E-state index is 0.260. The molecule has 3 aromatic rings. The minimum absolute atomic E-state index is 0.260. The van der Waals surface area contributed by atoms with Gasteiger partial charge in [-0.1, -0.05) is 30.3 Å². The number of aromatic nitrogens is 4. The first-order valence-electron chi connectivity index (χ1n) is 7.85. The molecule has 1 unspecified atom stereocenters. The molecule has 2 aromatic heterocycles. The van der Waals surface area contributed by atoms with Gasteiger partial charge < -0.3 is 9.47 Å². The molecule has 0 fully saturated rings. The van der Waals surface area contributed by atoms with Gasteiger partial charge in [-0.25, -0.2) is 4.98 Å². The number of hydrogen-bond donors (Lipinski definition) is 0. The van der Waals surface area contributed by atoms with Crippen LogP contribution in [-0.2, 0) is 7.05 Å². The molecule has 23 heavy (non-hydrogen) atoms. The highest BCUT2D eigenvalue weighted by Crippen LogP contribution is 2.28. The highest BCUT2D eigenvalue weighted by molar-refractivity contribution is 5.57. The highest BCUT2D eigenvalue weighted by atomic mass is 15.2. The van der Waals surface area contributed by atoms with E-state index < -0.39 is 0 Å². The molecule has 5 heteroatoms. The number of imidazole rings is 1. The molecule has 0 saturated carbocycles. The molecular weight excluding hydrogens is 286 g/mol. The van der Waals surface area contributed by atoms with Gasteiger partial charge in [-0.2, -0.15) is 5.10 Å². The van der Waals surface area contributed by atoms with E-state index in [1.54, 1.807) is 0 Å². The Morgan fingerprint density at radius 3 is 2.57 bits per heavy atom. The fourth-order valence-electron chi connectivity index (χ4n) is 2.85. The molecule has 5 nitrogen and oxygen atoms in total. The fourth-order valence-corrected chi connectivity index (χ4v) is 2.85. The van der Waals surface area contributed by atoms with Gasteiger partial charge in [0.05, 0.1) is 30.5 Å². The maximum Gasteiger partial charge on any atom is 0.0956 e. The molecule has 0 aliphatic heterocycles. The molecule has 3 rings (SSSR count). The summed E-state index contributed by atoms with van der Waals surface area (Å²) in [7, 11) is 6.15. The van der Waals surface area contributed by atoms with E-state index in [0.717, 1.165) is 24.2 Å². The van der Waals surface area contributed by atoms with Crippen LogP contribution in [0.4, 0.5) is 0 Å². The van der Waals surface area contributed by atoms with E-state index in [9.17, 15) is 0 Å². The molecule has 1 aromatic carbocycles. The van der Waals surface area contributed by atoms with E-state index in [1.165, 1.54) is 5.56 Å². The van der Waals surface area contributed by atoms with Crippen LogP contribution in [0, 0.1) is 0 Å². The van der Waals surface area contributed by atoms with Crippen molar-refractivity contribution in [3.63, 3.8) is 0 Å². The monoisotopic (exact) mass is 309 g/mol. The third kappa shape index (κ3) is 3.51. The van der Waals surface area contributed by atoms with Gasteiger partial charge in [0.15, 0.2) is 0 Å². The zero-order valence-corrected chi connectivity index (χ0v) is 13.9. The number of nitrogens with zero attached hydrogens (tertiary/aromatic N) is 5. The standard InChI is InChI=1S/C18H23N5/c1-21(2)10-9-17(15-7-5-4-6-8-15)23-14-19-12-18(23)16-11-20-22(3)13-16/h4-8,11-14,17H,9-10H2,1-3H3. The highest BCUT2D eigenvalue weighted by Gasteiger charge is 2.18. The third-order valence-corrected chi connectivity index (χ3v) is 4.04. The van der Waals surface area contributed by atoms with Crippen molar-refractivity contribution >= 4 is 0 Å². The third-order valence-electron chi connectivity index (χ3n) is 4.04. The zero-order chi connectivity index (χ0) is 16.2. The Hall–Kier alpha value is -2.40. The largest absolute Gasteiger partial charge is 0.323 e. The van der Waals surface area contributed by atoms with Crippen LogP contribution in [0.3, 0.4) is 0 Å². The summed E-state index contributed by atoms with van der Waals surface area (Å²) in [5.74, 6) is 0. The van der Waals surface area contributed by atoms with Crippen molar-refractivity contribution in [2.45, 2.75) is 12.5 Å². The number of hydrogen-bond acceptors (Lipinski definition) is 3. The van der Waals surface area contributed by atoms with Crippen molar-refractivity contribution in [3.8, 4) is 11.3 Å². The van der Waals surface area contributed by atoms with E-state index in [4.69, 9.17) is 0 Å². The summed E-state index contributed by atoms with van der Waals surface area (Å²) in [6, 6.07) is 10.9. The maximum absolute atomic E-state index is 4.39. The van der Waals surface area contributed by atoms with Crippen molar-refractivity contribution < 1.29 is 0 Å². The first kappa shape index (κ1) is 15.5. The Balaban J connectivity index is 1.99. The lowest BCUT2D eigenvalue weighted by Crippen LogP contribution is -2.20. The quantitative estimate of drug-likeness (QED) is 0.703. The summed E-state index contributed by atoms with van der Waals surface area (Å²) in [6.07, 6.45) is 8.79. The lowest BCUT2D eigenvalue weighted by atomic mass is 10.0. The second-order valence-corrected chi connectivity index (χ2v) is 6.11. The molecule has 0 spiro atoms. The minimum Gasteiger partial charge on any atom is -0.323 e. The van der Waals surface area contributed by atoms with Gasteiger partial charge in [-0.15, -0.1) is 0 Å². The lowest BCUT2D eigenvalue weighted by Gasteiger charge is -2.23. The van der Waals surface area contributed by atoms with E-state index in [0.29, 0.717) is 0 Å². The van der Waals surface area contributed by atoms with Crippen LogP contribution in [0.1, 0.15) is 18.0 Å². The average Bonchev–Trinajstić information content (AvgIpc) is 3.17. The van der Waals surface area contributed by atoms with Crippen LogP contribution in [0.25, 0.3) is 11.3 Å². The van der Waals surface area contributed by atoms with Gasteiger partial charge in [0.2, 0.25) is 0 Å². The predicted molar refractivity (Wildman–Crippen MR) is 92.2 cm³/mol. The lowest BCUT2D eigenvalue weighted by molar-refractivity contribution is 0.367. The van der Waals surface area contributed by atoms with Crippen LogP contribution in [0.15, 0.2) is 55.2 Å². The number of benzene rings is 1. The van der Waals surface area contributed by atoms with Crippen LogP contribution in [-0.4, -0.2) is 44.9 Å². The summed E-state index contributed by atoms with van der Waals surface area (Å²) < 4.78 is 4.08. The predicted octanol–water partition coefficient (Wildman–Crippen LogP) is 2.82. The van der Waals surface area contributed by atoms with Crippen LogP contribution >= 0.6 is 0 Å². The van der Waals surface area contributed by atoms with Crippen molar-refractivity contribution in [1.82, 2.24) is 24.2 Å². The Morgan fingerprint density at radius 1 is 1.13 bits per heavy atom. The Kier molecular flexibility index (Phi) is 4.57. The van der Waals surface area contributed by atoms with E-state index in [2.05, 4.69) is 64.0 Å². The molecule has 0 aliphatic carbocycles. The zero-order valence-electron chi connectivity index (χ0n) is 13.9. The normalized spacial score (nSPS) is 12.7. The van der Waals surface area contributed by atoms with E-state index >= 15 is 0 Å². The van der Waals surface area contributed by atoms with Crippen LogP contribution in [0.2, 0.25) is 0 Å². The Morgan fingerprint density at radius 2 is 1.91 bits per heavy atom. The summed E-state index contributed by atoms with van der Waals surface area (Å²) >= 11 is 0. The summed E-state index contributed by atoms with van der Waals surface area (Å²) in [5, 5.41) is 4.29. The fraction of sp³-hybridized carbons (Fsp3) is 0.333. The first-order valence-corrected chi connectivity index (χ1v) is 7.85. The molecule has 2 heterocycles. The van der Waals surface area contributed by atoms with Gasteiger partial charge in [0.1, 0.15) is 0 Å². The molecule has 0 radical (unpaired) electrons. The molecule has 0 aliphatic rings. The van der Waals surface area contributed by atoms with E-state index in [-0.39, 0.29) is 6.04 Å². The van der Waals surface area contributed by atoms with Crippen molar-refractivity contribution in [2.24, 2.45) is 7.05 Å². The van der Waals surface area contributed by atoms with Gasteiger partial charge in [0, 0.05) is 18.8 Å². The van der Waals surface area contributed by atoms with Gasteiger partial charge in [0.25, 0.3) is 0 Å². The molecule has 0 amide bonds. The molecule has 0 bridgehead atoms. The Bertz CT molecular complexity index is 742. The second kappa shape index (κ2) is 6.79. The summed E-state index contributed by atoms with van der Waals surface area (Å²) in [4.78, 5) is 6.61. The molecule has 0 N–H and O–H groups in total. The van der Waals surface area contributed by atoms with Crippen LogP contribution in [0.5, 0.6) is 0 Å². The maximum atomic E-state index is 4.39. The van der Waals surface area contributed by atoms with Crippen LogP contribution < -0.4 is 0 Å². The average molecular weight is 309 g/mol. The second-order valence-electron chi connectivity index (χ2n) is 6.11. The SMILES string of the molecule is CN(C)CCC(c1ccccc1)n1cncc1-c1cnn(C)c1. The molecule has 120 valence electrons. The van der Waals surface area contributed by atoms with Gasteiger partial charge in [-0.3, -0.25) is 4.68 Å². The Labute approximate surface area is 137 Å².